The maximum Gasteiger partial charge on any atom is 0.357 e. The molecule has 0 fully saturated rings. The number of carbonyl (C=O) groups is 1. The van der Waals surface area contributed by atoms with E-state index >= 15 is 0 Å². The van der Waals surface area contributed by atoms with E-state index in [0.717, 1.165) is 0 Å². The third kappa shape index (κ3) is 3.03. The van der Waals surface area contributed by atoms with Crippen molar-refractivity contribution in [3.63, 3.8) is 0 Å². The Morgan fingerprint density at radius 3 is 2.67 bits per heavy atom. The Hall–Kier alpha value is -2.39. The molecule has 4 N–H and O–H groups in total. The van der Waals surface area contributed by atoms with Gasteiger partial charge in [-0.05, 0) is 13.0 Å². The molecule has 0 spiro atoms. The number of aromatic carboxylic acids is 1. The van der Waals surface area contributed by atoms with Crippen LogP contribution in [0.5, 0.6) is 5.75 Å². The molecule has 0 aliphatic heterocycles. The summed E-state index contributed by atoms with van der Waals surface area (Å²) in [7, 11) is -4.07. The number of H-pyrrole nitrogens is 1. The number of hydrogen-bond acceptors (Lipinski definition) is 5. The summed E-state index contributed by atoms with van der Waals surface area (Å²) in [5.74, 6) is -1.50. The Bertz CT molecular complexity index is 782. The summed E-state index contributed by atoms with van der Waals surface area (Å²) in [4.78, 5) is 10.6. The fourth-order valence-electron chi connectivity index (χ4n) is 1.80. The van der Waals surface area contributed by atoms with Crippen LogP contribution >= 0.6 is 0 Å². The van der Waals surface area contributed by atoms with Crippen molar-refractivity contribution in [3.8, 4) is 5.75 Å². The van der Waals surface area contributed by atoms with Gasteiger partial charge < -0.3 is 10.2 Å². The predicted octanol–water partition coefficient (Wildman–Crippen LogP) is 0.600. The molecule has 0 saturated carbocycles. The van der Waals surface area contributed by atoms with Gasteiger partial charge in [0.2, 0.25) is 10.0 Å². The Kier molecular flexibility index (Phi) is 3.96. The Morgan fingerprint density at radius 2 is 2.05 bits per heavy atom. The molecule has 0 unspecified atom stereocenters. The standard InChI is InChI=1S/C12H13N3O5S/c1-7-11(10(12(17)18)15-14-7)21(19,20)13-6-8-4-2-3-5-9(8)16/h2-5,13,16H,6H2,1H3,(H,14,15)(H,17,18). The highest BCUT2D eigenvalue weighted by Gasteiger charge is 2.28. The number of aromatic hydroxyl groups is 1. The van der Waals surface area contributed by atoms with Gasteiger partial charge in [-0.25, -0.2) is 17.9 Å². The summed E-state index contributed by atoms with van der Waals surface area (Å²) in [6, 6.07) is 6.23. The first kappa shape index (κ1) is 15.0. The summed E-state index contributed by atoms with van der Waals surface area (Å²) >= 11 is 0. The average Bonchev–Trinajstić information content (AvgIpc) is 2.81. The summed E-state index contributed by atoms with van der Waals surface area (Å²) < 4.78 is 26.7. The van der Waals surface area contributed by atoms with Crippen molar-refractivity contribution >= 4 is 16.0 Å². The molecule has 0 aliphatic carbocycles. The van der Waals surface area contributed by atoms with E-state index in [9.17, 15) is 18.3 Å². The number of sulfonamides is 1. The molecular formula is C12H13N3O5S. The van der Waals surface area contributed by atoms with Crippen molar-refractivity contribution in [3.05, 3.63) is 41.2 Å². The topological polar surface area (TPSA) is 132 Å². The molecule has 2 rings (SSSR count). The number of aromatic nitrogens is 2. The molecule has 0 atom stereocenters. The van der Waals surface area contributed by atoms with Gasteiger partial charge in [-0.1, -0.05) is 18.2 Å². The van der Waals surface area contributed by atoms with Gasteiger partial charge in [0.15, 0.2) is 5.69 Å². The minimum atomic E-state index is -4.07. The van der Waals surface area contributed by atoms with E-state index in [0.29, 0.717) is 5.56 Å². The van der Waals surface area contributed by atoms with Crippen LogP contribution in [0.1, 0.15) is 21.7 Å². The van der Waals surface area contributed by atoms with Gasteiger partial charge in [0, 0.05) is 12.1 Å². The maximum atomic E-state index is 12.2. The summed E-state index contributed by atoms with van der Waals surface area (Å²) in [5, 5.41) is 24.3. The molecule has 112 valence electrons. The lowest BCUT2D eigenvalue weighted by atomic mass is 10.2. The molecule has 0 saturated heterocycles. The molecular weight excluding hydrogens is 298 g/mol. The third-order valence-corrected chi connectivity index (χ3v) is 4.37. The zero-order valence-corrected chi connectivity index (χ0v) is 11.8. The third-order valence-electron chi connectivity index (χ3n) is 2.81. The highest BCUT2D eigenvalue weighted by atomic mass is 32.2. The number of carboxylic acids is 1. The largest absolute Gasteiger partial charge is 0.508 e. The Labute approximate surface area is 120 Å². The van der Waals surface area contributed by atoms with Crippen LogP contribution in [0, 0.1) is 6.92 Å². The van der Waals surface area contributed by atoms with Crippen molar-refractivity contribution in [1.82, 2.24) is 14.9 Å². The number of hydrogen-bond donors (Lipinski definition) is 4. The second-order valence-corrected chi connectivity index (χ2v) is 5.99. The fraction of sp³-hybridized carbons (Fsp3) is 0.167. The van der Waals surface area contributed by atoms with Gasteiger partial charge in [-0.3, -0.25) is 5.10 Å². The molecule has 9 heteroatoms. The van der Waals surface area contributed by atoms with Crippen molar-refractivity contribution in [2.45, 2.75) is 18.4 Å². The zero-order valence-electron chi connectivity index (χ0n) is 11.0. The Balaban J connectivity index is 2.30. The summed E-state index contributed by atoms with van der Waals surface area (Å²) in [6.45, 7) is 1.24. The molecule has 1 aromatic heterocycles. The fourth-order valence-corrected chi connectivity index (χ4v) is 3.12. The maximum absolute atomic E-state index is 12.2. The lowest BCUT2D eigenvalue weighted by Gasteiger charge is -2.08. The van der Waals surface area contributed by atoms with Crippen LogP contribution in [0.3, 0.4) is 0 Å². The molecule has 0 amide bonds. The van der Waals surface area contributed by atoms with Gasteiger partial charge in [0.1, 0.15) is 10.6 Å². The molecule has 0 aliphatic rings. The van der Waals surface area contributed by atoms with Crippen molar-refractivity contribution < 1.29 is 23.4 Å². The van der Waals surface area contributed by atoms with Crippen LogP contribution in [0.25, 0.3) is 0 Å². The molecule has 0 bridgehead atoms. The summed E-state index contributed by atoms with van der Waals surface area (Å²) in [6.07, 6.45) is 0. The first-order valence-corrected chi connectivity index (χ1v) is 7.36. The van der Waals surface area contributed by atoms with Gasteiger partial charge in [0.25, 0.3) is 0 Å². The second kappa shape index (κ2) is 5.54. The van der Waals surface area contributed by atoms with E-state index in [1.807, 2.05) is 0 Å². The van der Waals surface area contributed by atoms with E-state index in [-0.39, 0.29) is 18.0 Å². The van der Waals surface area contributed by atoms with Gasteiger partial charge >= 0.3 is 5.97 Å². The quantitative estimate of drug-likeness (QED) is 0.639. The van der Waals surface area contributed by atoms with Crippen molar-refractivity contribution in [2.24, 2.45) is 0 Å². The lowest BCUT2D eigenvalue weighted by Crippen LogP contribution is -2.25. The van der Waals surface area contributed by atoms with E-state index < -0.39 is 26.6 Å². The highest BCUT2D eigenvalue weighted by molar-refractivity contribution is 7.89. The average molecular weight is 311 g/mol. The van der Waals surface area contributed by atoms with Crippen LogP contribution in [-0.4, -0.2) is 34.8 Å². The van der Waals surface area contributed by atoms with Crippen LogP contribution in [0.15, 0.2) is 29.2 Å². The van der Waals surface area contributed by atoms with E-state index in [4.69, 9.17) is 5.11 Å². The van der Waals surface area contributed by atoms with Crippen molar-refractivity contribution in [2.75, 3.05) is 0 Å². The number of phenols is 1. The van der Waals surface area contributed by atoms with Crippen LogP contribution in [-0.2, 0) is 16.6 Å². The Morgan fingerprint density at radius 1 is 1.38 bits per heavy atom. The normalized spacial score (nSPS) is 11.5. The van der Waals surface area contributed by atoms with Crippen LogP contribution < -0.4 is 4.72 Å². The van der Waals surface area contributed by atoms with Crippen LogP contribution in [0.4, 0.5) is 0 Å². The number of aromatic amines is 1. The predicted molar refractivity (Wildman–Crippen MR) is 72.4 cm³/mol. The number of benzene rings is 1. The van der Waals surface area contributed by atoms with E-state index in [1.54, 1.807) is 18.2 Å². The molecule has 0 radical (unpaired) electrons. The first-order valence-electron chi connectivity index (χ1n) is 5.87. The molecule has 1 heterocycles. The zero-order chi connectivity index (χ0) is 15.6. The minimum Gasteiger partial charge on any atom is -0.508 e. The van der Waals surface area contributed by atoms with Gasteiger partial charge in [-0.2, -0.15) is 5.10 Å². The minimum absolute atomic E-state index is 0.0532. The summed E-state index contributed by atoms with van der Waals surface area (Å²) in [5.41, 5.74) is -0.0754. The highest BCUT2D eigenvalue weighted by Crippen LogP contribution is 2.20. The monoisotopic (exact) mass is 311 g/mol. The van der Waals surface area contributed by atoms with Crippen molar-refractivity contribution in [1.29, 1.82) is 0 Å². The first-order chi connectivity index (χ1) is 9.83. The molecule has 1 aromatic carbocycles. The molecule has 2 aromatic rings. The smallest absolute Gasteiger partial charge is 0.357 e. The number of nitrogens with zero attached hydrogens (tertiary/aromatic N) is 1. The number of phenolic OH excluding ortho intramolecular Hbond substituents is 1. The van der Waals surface area contributed by atoms with Gasteiger partial charge in [0.05, 0.1) is 5.69 Å². The molecule has 8 nitrogen and oxygen atoms in total. The van der Waals surface area contributed by atoms with Crippen LogP contribution in [0.2, 0.25) is 0 Å². The number of carboxylic acid groups (broad SMARTS) is 1. The second-order valence-electron chi connectivity index (χ2n) is 4.28. The number of nitrogens with one attached hydrogen (secondary N) is 2. The van der Waals surface area contributed by atoms with E-state index in [2.05, 4.69) is 14.9 Å². The number of aryl methyl sites for hydroxylation is 1. The number of para-hydroxylation sites is 1. The molecule has 21 heavy (non-hydrogen) atoms. The van der Waals surface area contributed by atoms with E-state index in [1.165, 1.54) is 13.0 Å². The van der Waals surface area contributed by atoms with Gasteiger partial charge in [-0.15, -0.1) is 0 Å². The number of rotatable bonds is 5. The lowest BCUT2D eigenvalue weighted by molar-refractivity contribution is 0.0686. The SMILES string of the molecule is Cc1[nH]nc(C(=O)O)c1S(=O)(=O)NCc1ccccc1O.